The van der Waals surface area contributed by atoms with Crippen molar-refractivity contribution >= 4 is 17.5 Å². The molecule has 0 saturated carbocycles. The van der Waals surface area contributed by atoms with E-state index in [1.54, 1.807) is 12.1 Å². The van der Waals surface area contributed by atoms with E-state index in [1.165, 1.54) is 6.26 Å². The summed E-state index contributed by atoms with van der Waals surface area (Å²) in [6.45, 7) is 8.80. The Morgan fingerprint density at radius 2 is 1.80 bits per heavy atom. The molecule has 0 bridgehead atoms. The number of aromatic nitrogens is 4. The number of carbonyl (C=O) groups is 1. The minimum absolute atomic E-state index is 0.0813. The summed E-state index contributed by atoms with van der Waals surface area (Å²) < 4.78 is 7.14. The normalized spacial score (nSPS) is 16.6. The van der Waals surface area contributed by atoms with E-state index in [9.17, 15) is 4.79 Å². The first kappa shape index (κ1) is 20.6. The lowest BCUT2D eigenvalue weighted by atomic mass is 10.0. The van der Waals surface area contributed by atoms with Crippen molar-refractivity contribution in [3.05, 3.63) is 64.8 Å². The molecular formula is C21H25ClN6O2. The summed E-state index contributed by atoms with van der Waals surface area (Å²) in [4.78, 5) is 16.8. The second-order valence-electron chi connectivity index (χ2n) is 8.38. The molecule has 0 spiro atoms. The number of piperazine rings is 1. The van der Waals surface area contributed by atoms with Gasteiger partial charge in [-0.2, -0.15) is 0 Å². The van der Waals surface area contributed by atoms with Gasteiger partial charge in [-0.3, -0.25) is 9.69 Å². The number of carbonyl (C=O) groups excluding carboxylic acids is 1. The van der Waals surface area contributed by atoms with Crippen LogP contribution < -0.4 is 0 Å². The van der Waals surface area contributed by atoms with E-state index in [4.69, 9.17) is 16.0 Å². The van der Waals surface area contributed by atoms with Crippen molar-refractivity contribution in [2.45, 2.75) is 32.4 Å². The van der Waals surface area contributed by atoms with Gasteiger partial charge in [-0.25, -0.2) is 4.68 Å². The molecule has 30 heavy (non-hydrogen) atoms. The van der Waals surface area contributed by atoms with Crippen molar-refractivity contribution in [1.29, 1.82) is 0 Å². The van der Waals surface area contributed by atoms with Crippen LogP contribution >= 0.6 is 11.6 Å². The number of halogens is 1. The maximum Gasteiger partial charge on any atom is 0.289 e. The van der Waals surface area contributed by atoms with E-state index >= 15 is 0 Å². The summed E-state index contributed by atoms with van der Waals surface area (Å²) in [7, 11) is 0. The molecule has 0 radical (unpaired) electrons. The van der Waals surface area contributed by atoms with Crippen molar-refractivity contribution in [3.63, 3.8) is 0 Å². The van der Waals surface area contributed by atoms with Crippen LogP contribution in [-0.4, -0.2) is 62.1 Å². The third-order valence-corrected chi connectivity index (χ3v) is 5.51. The first-order valence-corrected chi connectivity index (χ1v) is 10.3. The average molecular weight is 429 g/mol. The fourth-order valence-corrected chi connectivity index (χ4v) is 3.88. The van der Waals surface area contributed by atoms with E-state index in [0.29, 0.717) is 37.0 Å². The Morgan fingerprint density at radius 3 is 2.40 bits per heavy atom. The highest BCUT2D eigenvalue weighted by Crippen LogP contribution is 2.31. The fraction of sp³-hybridized carbons (Fsp3) is 0.429. The Morgan fingerprint density at radius 1 is 1.10 bits per heavy atom. The minimum Gasteiger partial charge on any atom is -0.459 e. The quantitative estimate of drug-likeness (QED) is 0.634. The van der Waals surface area contributed by atoms with E-state index in [1.807, 2.05) is 33.8 Å². The minimum atomic E-state index is -0.263. The van der Waals surface area contributed by atoms with E-state index < -0.39 is 0 Å². The fourth-order valence-electron chi connectivity index (χ4n) is 3.75. The van der Waals surface area contributed by atoms with Crippen LogP contribution in [0.5, 0.6) is 0 Å². The van der Waals surface area contributed by atoms with Crippen LogP contribution in [0.15, 0.2) is 47.1 Å². The zero-order valence-corrected chi connectivity index (χ0v) is 18.1. The van der Waals surface area contributed by atoms with E-state index in [2.05, 4.69) is 41.2 Å². The molecule has 1 aliphatic rings. The molecule has 1 aliphatic heterocycles. The van der Waals surface area contributed by atoms with Crippen LogP contribution in [0.25, 0.3) is 0 Å². The molecule has 158 valence electrons. The molecule has 3 heterocycles. The maximum atomic E-state index is 12.6. The Labute approximate surface area is 180 Å². The Balaban J connectivity index is 1.61. The number of tetrazole rings is 1. The van der Waals surface area contributed by atoms with Crippen molar-refractivity contribution in [2.24, 2.45) is 0 Å². The van der Waals surface area contributed by atoms with Gasteiger partial charge in [0.15, 0.2) is 11.6 Å². The third-order valence-electron chi connectivity index (χ3n) is 5.26. The number of hydrogen-bond acceptors (Lipinski definition) is 6. The zero-order chi connectivity index (χ0) is 21.3. The molecule has 0 unspecified atom stereocenters. The summed E-state index contributed by atoms with van der Waals surface area (Å²) in [5.74, 6) is 1.06. The molecule has 0 N–H and O–H groups in total. The molecule has 2 aromatic heterocycles. The molecule has 1 aromatic carbocycles. The summed E-state index contributed by atoms with van der Waals surface area (Å²) in [6, 6.07) is 11.1. The number of furan rings is 1. The topological polar surface area (TPSA) is 80.3 Å². The number of rotatable bonds is 4. The Bertz CT molecular complexity index is 985. The Hall–Kier alpha value is -2.71. The summed E-state index contributed by atoms with van der Waals surface area (Å²) in [5, 5.41) is 13.3. The molecule has 0 aliphatic carbocycles. The van der Waals surface area contributed by atoms with Crippen LogP contribution in [0.4, 0.5) is 0 Å². The average Bonchev–Trinajstić information content (AvgIpc) is 3.42. The van der Waals surface area contributed by atoms with Gasteiger partial charge in [-0.05, 0) is 61.0 Å². The third kappa shape index (κ3) is 4.11. The molecule has 1 atom stereocenters. The predicted octanol–water partition coefficient (Wildman–Crippen LogP) is 3.22. The van der Waals surface area contributed by atoms with Crippen molar-refractivity contribution in [2.75, 3.05) is 26.2 Å². The second kappa shape index (κ2) is 8.20. The molecule has 1 amide bonds. The smallest absolute Gasteiger partial charge is 0.289 e. The highest BCUT2D eigenvalue weighted by molar-refractivity contribution is 6.30. The number of nitrogens with zero attached hydrogens (tertiary/aromatic N) is 6. The van der Waals surface area contributed by atoms with Gasteiger partial charge in [0.2, 0.25) is 0 Å². The first-order valence-electron chi connectivity index (χ1n) is 9.95. The van der Waals surface area contributed by atoms with E-state index in [-0.39, 0.29) is 17.5 Å². The predicted molar refractivity (Wildman–Crippen MR) is 112 cm³/mol. The maximum absolute atomic E-state index is 12.6. The van der Waals surface area contributed by atoms with Gasteiger partial charge in [-0.1, -0.05) is 23.7 Å². The van der Waals surface area contributed by atoms with Crippen molar-refractivity contribution in [1.82, 2.24) is 30.0 Å². The first-order chi connectivity index (χ1) is 14.3. The molecule has 9 heteroatoms. The van der Waals surface area contributed by atoms with Gasteiger partial charge in [0, 0.05) is 31.2 Å². The van der Waals surface area contributed by atoms with Crippen LogP contribution in [0, 0.1) is 0 Å². The SMILES string of the molecule is CC(C)(C)n1nnnc1[C@@H](c1ccc(Cl)cc1)N1CCN(C(=O)c2ccco2)CC1. The van der Waals surface area contributed by atoms with Crippen LogP contribution in [-0.2, 0) is 5.54 Å². The number of benzene rings is 1. The van der Waals surface area contributed by atoms with Gasteiger partial charge < -0.3 is 9.32 Å². The molecule has 8 nitrogen and oxygen atoms in total. The molecular weight excluding hydrogens is 404 g/mol. The lowest BCUT2D eigenvalue weighted by Crippen LogP contribution is -2.50. The van der Waals surface area contributed by atoms with Crippen molar-refractivity contribution < 1.29 is 9.21 Å². The van der Waals surface area contributed by atoms with Gasteiger partial charge >= 0.3 is 0 Å². The summed E-state index contributed by atoms with van der Waals surface area (Å²) in [6.07, 6.45) is 1.52. The van der Waals surface area contributed by atoms with Gasteiger partial charge in [0.1, 0.15) is 0 Å². The van der Waals surface area contributed by atoms with Crippen molar-refractivity contribution in [3.8, 4) is 0 Å². The van der Waals surface area contributed by atoms with E-state index in [0.717, 1.165) is 11.4 Å². The zero-order valence-electron chi connectivity index (χ0n) is 17.3. The van der Waals surface area contributed by atoms with Gasteiger partial charge in [0.25, 0.3) is 5.91 Å². The summed E-state index contributed by atoms with van der Waals surface area (Å²) in [5.41, 5.74) is 0.797. The summed E-state index contributed by atoms with van der Waals surface area (Å²) >= 11 is 6.12. The highest BCUT2D eigenvalue weighted by Gasteiger charge is 2.34. The van der Waals surface area contributed by atoms with Crippen LogP contribution in [0.2, 0.25) is 5.02 Å². The molecule has 3 aromatic rings. The van der Waals surface area contributed by atoms with Crippen LogP contribution in [0.3, 0.4) is 0 Å². The van der Waals surface area contributed by atoms with Gasteiger partial charge in [0.05, 0.1) is 17.8 Å². The van der Waals surface area contributed by atoms with Gasteiger partial charge in [-0.15, -0.1) is 5.10 Å². The standard InChI is InChI=1S/C21H25ClN6O2/c1-21(2,3)28-19(23-24-25-28)18(15-6-8-16(22)9-7-15)26-10-12-27(13-11-26)20(29)17-5-4-14-30-17/h4-9,14,18H,10-13H2,1-3H3/t18-/m1/s1. The molecule has 1 saturated heterocycles. The second-order valence-corrected chi connectivity index (χ2v) is 8.82. The highest BCUT2D eigenvalue weighted by atomic mass is 35.5. The molecule has 1 fully saturated rings. The van der Waals surface area contributed by atoms with Crippen LogP contribution in [0.1, 0.15) is 48.8 Å². The Kier molecular flexibility index (Phi) is 5.62. The largest absolute Gasteiger partial charge is 0.459 e. The lowest BCUT2D eigenvalue weighted by molar-refractivity contribution is 0.0556. The lowest BCUT2D eigenvalue weighted by Gasteiger charge is -2.39. The number of hydrogen-bond donors (Lipinski definition) is 0. The number of amides is 1. The molecule has 4 rings (SSSR count). The monoisotopic (exact) mass is 428 g/mol.